The predicted molar refractivity (Wildman–Crippen MR) is 250 cm³/mol. The zero-order valence-corrected chi connectivity index (χ0v) is 40.1. The zero-order chi connectivity index (χ0) is 45.2. The van der Waals surface area contributed by atoms with Gasteiger partial charge in [-0.3, -0.25) is 4.79 Å². The number of hydrogen-bond acceptors (Lipinski definition) is 7. The van der Waals surface area contributed by atoms with Gasteiger partial charge in [-0.05, 0) is 97.4 Å². The summed E-state index contributed by atoms with van der Waals surface area (Å²) in [6, 6.07) is 35.0. The first-order valence-electron chi connectivity index (χ1n) is 21.2. The van der Waals surface area contributed by atoms with E-state index in [1.807, 2.05) is 78.6 Å². The van der Waals surface area contributed by atoms with Gasteiger partial charge in [0.1, 0.15) is 22.4 Å². The first kappa shape index (κ1) is 47.1. The van der Waals surface area contributed by atoms with Crippen LogP contribution in [0.4, 0.5) is 10.1 Å². The average Bonchev–Trinajstić information content (AvgIpc) is 3.21. The van der Waals surface area contributed by atoms with Crippen LogP contribution < -0.4 is 15.3 Å². The number of anilines is 1. The lowest BCUT2D eigenvalue weighted by atomic mass is 9.87. The van der Waals surface area contributed by atoms with Gasteiger partial charge in [0.05, 0.1) is 31.7 Å². The van der Waals surface area contributed by atoms with Crippen LogP contribution in [0.1, 0.15) is 95.2 Å². The van der Waals surface area contributed by atoms with E-state index in [2.05, 4.69) is 45.0 Å². The topological polar surface area (TPSA) is 85.4 Å². The summed E-state index contributed by atoms with van der Waals surface area (Å²) in [5.74, 6) is -2.28. The highest BCUT2D eigenvalue weighted by Crippen LogP contribution is 2.45. The van der Waals surface area contributed by atoms with Crippen molar-refractivity contribution in [2.24, 2.45) is 0 Å². The maximum atomic E-state index is 16.0. The van der Waals surface area contributed by atoms with E-state index in [9.17, 15) is 4.79 Å². The highest BCUT2D eigenvalue weighted by atomic mass is 35.5. The summed E-state index contributed by atoms with van der Waals surface area (Å²) in [6.45, 7) is 19.3. The van der Waals surface area contributed by atoms with E-state index in [-0.39, 0.29) is 41.9 Å². The molecule has 1 aliphatic rings. The maximum absolute atomic E-state index is 16.0. The number of hydrogen-bond donors (Lipinski definition) is 0. The number of carbonyl (C=O) groups excluding carboxylic acids is 1. The van der Waals surface area contributed by atoms with Crippen LogP contribution >= 0.6 is 11.6 Å². The standard InChI is InChI=1S/C50H60ClFN2O6SSi/c1-34-26-27-43(52)45(35(34)2)36(3)46(48(55)60-49(5,6)7)54-33-53(28-29-59-62(50(8,9)10,40-22-16-12-17-23-40)41-24-18-13-19-25-41)44-31-39(51)30-42(47(44)61(54,56)57)37(4)58-32-38-20-14-11-15-21-38/h11-27,30-31,36-37,46H,28-29,32-33H2,1-10H3/t36?,37?,46-/m0/s1. The second-order valence-corrected chi connectivity index (χ2v) is 24.8. The molecule has 1 aliphatic heterocycles. The Hall–Kier alpha value is -4.36. The van der Waals surface area contributed by atoms with Gasteiger partial charge in [-0.25, -0.2) is 12.8 Å². The number of ether oxygens (including phenoxy) is 2. The third-order valence-electron chi connectivity index (χ3n) is 11.8. The van der Waals surface area contributed by atoms with Crippen molar-refractivity contribution in [3.63, 3.8) is 0 Å². The fraction of sp³-hybridized carbons (Fsp3) is 0.380. The fourth-order valence-electron chi connectivity index (χ4n) is 8.69. The first-order valence-corrected chi connectivity index (χ1v) is 24.9. The molecule has 0 aliphatic carbocycles. The summed E-state index contributed by atoms with van der Waals surface area (Å²) in [5, 5.41) is 2.21. The van der Waals surface area contributed by atoms with Crippen molar-refractivity contribution in [1.29, 1.82) is 0 Å². The second-order valence-electron chi connectivity index (χ2n) is 18.3. The van der Waals surface area contributed by atoms with E-state index in [1.54, 1.807) is 59.7 Å². The normalized spacial score (nSPS) is 16.0. The molecule has 0 fully saturated rings. The van der Waals surface area contributed by atoms with Crippen molar-refractivity contribution in [2.45, 2.75) is 109 Å². The summed E-state index contributed by atoms with van der Waals surface area (Å²) < 4.78 is 68.0. The average molecular weight is 900 g/mol. The molecule has 330 valence electrons. The van der Waals surface area contributed by atoms with Crippen LogP contribution in [0.2, 0.25) is 10.1 Å². The second kappa shape index (κ2) is 18.8. The van der Waals surface area contributed by atoms with Gasteiger partial charge in [0.15, 0.2) is 0 Å². The minimum atomic E-state index is -4.54. The van der Waals surface area contributed by atoms with Gasteiger partial charge in [-0.15, -0.1) is 0 Å². The Morgan fingerprint density at radius 1 is 0.839 bits per heavy atom. The fourth-order valence-corrected chi connectivity index (χ4v) is 15.5. The Morgan fingerprint density at radius 2 is 1.40 bits per heavy atom. The molecule has 8 nitrogen and oxygen atoms in total. The van der Waals surface area contributed by atoms with Crippen LogP contribution in [-0.2, 0) is 35.3 Å². The lowest BCUT2D eigenvalue weighted by molar-refractivity contribution is -0.160. The quantitative estimate of drug-likeness (QED) is 0.0811. The Bertz CT molecular complexity index is 2420. The number of sulfonamides is 1. The van der Waals surface area contributed by atoms with Crippen molar-refractivity contribution in [3.8, 4) is 0 Å². The number of carbonyl (C=O) groups is 1. The molecule has 0 N–H and O–H groups in total. The number of nitrogens with zero attached hydrogens (tertiary/aromatic N) is 2. The Balaban J connectivity index is 1.51. The highest BCUT2D eigenvalue weighted by molar-refractivity contribution is 7.89. The number of rotatable bonds is 14. The summed E-state index contributed by atoms with van der Waals surface area (Å²) in [5.41, 5.74) is 2.32. The van der Waals surface area contributed by atoms with E-state index in [0.29, 0.717) is 21.8 Å². The molecule has 0 radical (unpaired) electrons. The molecule has 1 heterocycles. The Labute approximate surface area is 374 Å². The van der Waals surface area contributed by atoms with Crippen LogP contribution in [0.5, 0.6) is 0 Å². The molecule has 5 aromatic carbocycles. The van der Waals surface area contributed by atoms with E-state index < -0.39 is 53.8 Å². The Kier molecular flexibility index (Phi) is 14.3. The van der Waals surface area contributed by atoms with Crippen LogP contribution in [-0.4, -0.2) is 58.5 Å². The molecule has 0 bridgehead atoms. The predicted octanol–water partition coefficient (Wildman–Crippen LogP) is 10.2. The SMILES string of the molecule is Cc1ccc(F)c(C(C)[C@@H](C(=O)OC(C)(C)C)N2CN(CCO[Si](c3ccccc3)(c3ccccc3)C(C)(C)C)c3cc(Cl)cc(C(C)OCc4ccccc4)c3S2(=O)=O)c1C. The lowest BCUT2D eigenvalue weighted by Crippen LogP contribution is -2.67. The molecule has 0 aromatic heterocycles. The van der Waals surface area contributed by atoms with Crippen LogP contribution in [0.15, 0.2) is 120 Å². The van der Waals surface area contributed by atoms with Crippen LogP contribution in [0, 0.1) is 19.7 Å². The molecule has 0 saturated heterocycles. The van der Waals surface area contributed by atoms with Gasteiger partial charge in [-0.2, -0.15) is 4.31 Å². The lowest BCUT2D eigenvalue weighted by Gasteiger charge is -2.45. The van der Waals surface area contributed by atoms with E-state index in [1.165, 1.54) is 10.4 Å². The molecule has 62 heavy (non-hydrogen) atoms. The molecule has 12 heteroatoms. The number of aryl methyl sites for hydroxylation is 1. The molecule has 0 amide bonds. The van der Waals surface area contributed by atoms with Crippen LogP contribution in [0.3, 0.4) is 0 Å². The third kappa shape index (κ3) is 9.73. The molecule has 0 saturated carbocycles. The van der Waals surface area contributed by atoms with Gasteiger partial charge in [0.2, 0.25) is 10.0 Å². The van der Waals surface area contributed by atoms with E-state index >= 15 is 12.8 Å². The molecule has 2 unspecified atom stereocenters. The third-order valence-corrected chi connectivity index (χ3v) is 19.0. The monoisotopic (exact) mass is 898 g/mol. The number of benzene rings is 5. The number of esters is 1. The van der Waals surface area contributed by atoms with Crippen molar-refractivity contribution in [2.75, 3.05) is 24.7 Å². The van der Waals surface area contributed by atoms with Gasteiger partial charge >= 0.3 is 5.97 Å². The summed E-state index contributed by atoms with van der Waals surface area (Å²) in [4.78, 5) is 16.5. The van der Waals surface area contributed by atoms with E-state index in [0.717, 1.165) is 21.5 Å². The van der Waals surface area contributed by atoms with Gasteiger partial charge in [0, 0.05) is 23.0 Å². The minimum Gasteiger partial charge on any atom is -0.459 e. The van der Waals surface area contributed by atoms with Crippen molar-refractivity contribution in [3.05, 3.63) is 154 Å². The van der Waals surface area contributed by atoms with Crippen LogP contribution in [0.25, 0.3) is 0 Å². The molecular formula is C50H60ClFN2O6SSi. The molecule has 5 aromatic rings. The van der Waals surface area contributed by atoms with Gasteiger partial charge in [0.25, 0.3) is 8.32 Å². The van der Waals surface area contributed by atoms with Crippen molar-refractivity contribution < 1.29 is 31.5 Å². The van der Waals surface area contributed by atoms with Gasteiger partial charge < -0.3 is 18.8 Å². The molecule has 6 rings (SSSR count). The molecule has 3 atom stereocenters. The summed E-state index contributed by atoms with van der Waals surface area (Å²) in [6.07, 6.45) is -0.749. The molecule has 0 spiro atoms. The van der Waals surface area contributed by atoms with Crippen molar-refractivity contribution >= 4 is 52.0 Å². The maximum Gasteiger partial charge on any atom is 0.325 e. The first-order chi connectivity index (χ1) is 29.2. The van der Waals surface area contributed by atoms with Crippen molar-refractivity contribution in [1.82, 2.24) is 4.31 Å². The number of halogens is 2. The van der Waals surface area contributed by atoms with E-state index in [4.69, 9.17) is 25.5 Å². The highest BCUT2D eigenvalue weighted by Gasteiger charge is 2.51. The largest absolute Gasteiger partial charge is 0.459 e. The Morgan fingerprint density at radius 3 is 1.95 bits per heavy atom. The summed E-state index contributed by atoms with van der Waals surface area (Å²) >= 11 is 6.90. The van der Waals surface area contributed by atoms with Gasteiger partial charge in [-0.1, -0.05) is 136 Å². The minimum absolute atomic E-state index is 0.0404. The molecular weight excluding hydrogens is 839 g/mol. The zero-order valence-electron chi connectivity index (χ0n) is 37.5. The summed E-state index contributed by atoms with van der Waals surface area (Å²) in [7, 11) is -7.57. The number of fused-ring (bicyclic) bond motifs is 1. The smallest absolute Gasteiger partial charge is 0.325 e.